The van der Waals surface area contributed by atoms with Crippen LogP contribution in [0.3, 0.4) is 0 Å². The molecule has 7 heteroatoms. The third-order valence-corrected chi connectivity index (χ3v) is 5.50. The van der Waals surface area contributed by atoms with E-state index >= 15 is 0 Å². The van der Waals surface area contributed by atoms with Gasteiger partial charge in [0.05, 0.1) is 12.2 Å². The molecule has 1 aromatic carbocycles. The minimum atomic E-state index is -4.43. The number of hydrogen-bond acceptors (Lipinski definition) is 4. The van der Waals surface area contributed by atoms with Crippen molar-refractivity contribution in [3.8, 4) is 11.5 Å². The van der Waals surface area contributed by atoms with Crippen molar-refractivity contribution < 1.29 is 27.9 Å². The highest BCUT2D eigenvalue weighted by atomic mass is 19.4. The predicted octanol–water partition coefficient (Wildman–Crippen LogP) is 5.14. The van der Waals surface area contributed by atoms with E-state index in [0.717, 1.165) is 25.0 Å². The second kappa shape index (κ2) is 7.87. The van der Waals surface area contributed by atoms with Crippen LogP contribution in [0.5, 0.6) is 11.5 Å². The molecule has 2 aliphatic rings. The van der Waals surface area contributed by atoms with Crippen molar-refractivity contribution in [1.29, 1.82) is 0 Å². The largest absolute Gasteiger partial charge is 0.489 e. The molecule has 2 aliphatic heterocycles. The minimum absolute atomic E-state index is 0.0250. The summed E-state index contributed by atoms with van der Waals surface area (Å²) < 4.78 is 50.9. The predicted molar refractivity (Wildman–Crippen MR) is 95.0 cm³/mol. The van der Waals surface area contributed by atoms with E-state index in [1.807, 2.05) is 13.8 Å². The van der Waals surface area contributed by atoms with Crippen molar-refractivity contribution in [3.05, 3.63) is 23.8 Å². The van der Waals surface area contributed by atoms with Gasteiger partial charge < -0.3 is 14.7 Å². The van der Waals surface area contributed by atoms with Crippen LogP contribution in [-0.2, 0) is 6.18 Å². The standard InChI is InChI=1S/C20H28F3NO3/c1-12(2)11-26-19-8-14(20(21,22)23)5-7-18(19)27-16-9-15-6-4-13(3)17(10-16)24(15)25/h5,7-8,12-13,15-17,25H,4,6,9-11H2,1-3H3/t13-,15+,16-,17+/m1/s1. The van der Waals surface area contributed by atoms with Gasteiger partial charge in [0.25, 0.3) is 0 Å². The lowest BCUT2D eigenvalue weighted by atomic mass is 9.79. The van der Waals surface area contributed by atoms with Crippen molar-refractivity contribution in [1.82, 2.24) is 5.06 Å². The average Bonchev–Trinajstić information content (AvgIpc) is 2.57. The van der Waals surface area contributed by atoms with Crippen molar-refractivity contribution in [2.75, 3.05) is 6.61 Å². The zero-order chi connectivity index (χ0) is 19.8. The Morgan fingerprint density at radius 3 is 2.59 bits per heavy atom. The van der Waals surface area contributed by atoms with Crippen LogP contribution in [-0.4, -0.2) is 35.1 Å². The number of piperidine rings is 2. The summed E-state index contributed by atoms with van der Waals surface area (Å²) in [6.45, 7) is 6.30. The number of fused-ring (bicyclic) bond motifs is 2. The number of alkyl halides is 3. The van der Waals surface area contributed by atoms with Crippen LogP contribution in [0.25, 0.3) is 0 Å². The molecule has 2 saturated heterocycles. The second-order valence-electron chi connectivity index (χ2n) is 8.23. The van der Waals surface area contributed by atoms with E-state index in [0.29, 0.717) is 31.1 Å². The first-order valence-electron chi connectivity index (χ1n) is 9.63. The molecule has 152 valence electrons. The molecule has 0 radical (unpaired) electrons. The first-order valence-corrected chi connectivity index (χ1v) is 9.63. The zero-order valence-corrected chi connectivity index (χ0v) is 16.0. The van der Waals surface area contributed by atoms with Gasteiger partial charge in [0.1, 0.15) is 6.10 Å². The highest BCUT2D eigenvalue weighted by molar-refractivity contribution is 5.44. The monoisotopic (exact) mass is 387 g/mol. The van der Waals surface area contributed by atoms with Crippen molar-refractivity contribution in [3.63, 3.8) is 0 Å². The maximum atomic E-state index is 13.1. The van der Waals surface area contributed by atoms with Crippen LogP contribution < -0.4 is 9.47 Å². The lowest BCUT2D eigenvalue weighted by molar-refractivity contribution is -0.220. The summed E-state index contributed by atoms with van der Waals surface area (Å²) in [4.78, 5) is 0. The van der Waals surface area contributed by atoms with Crippen LogP contribution in [0.15, 0.2) is 18.2 Å². The normalized spacial score (nSPS) is 29.0. The lowest BCUT2D eigenvalue weighted by Gasteiger charge is -2.47. The Balaban J connectivity index is 1.79. The van der Waals surface area contributed by atoms with Gasteiger partial charge in [-0.15, -0.1) is 0 Å². The molecule has 3 rings (SSSR count). The molecule has 2 fully saturated rings. The fourth-order valence-electron chi connectivity index (χ4n) is 3.97. The Morgan fingerprint density at radius 2 is 1.93 bits per heavy atom. The third kappa shape index (κ3) is 4.69. The summed E-state index contributed by atoms with van der Waals surface area (Å²) in [5.74, 6) is 1.01. The van der Waals surface area contributed by atoms with Crippen LogP contribution in [0.1, 0.15) is 52.0 Å². The fraction of sp³-hybridized carbons (Fsp3) is 0.700. The molecule has 27 heavy (non-hydrogen) atoms. The van der Waals surface area contributed by atoms with Gasteiger partial charge >= 0.3 is 6.18 Å². The van der Waals surface area contributed by atoms with Gasteiger partial charge in [-0.2, -0.15) is 18.2 Å². The van der Waals surface area contributed by atoms with Crippen LogP contribution in [0, 0.1) is 11.8 Å². The summed E-state index contributed by atoms with van der Waals surface area (Å²) in [5, 5.41) is 11.8. The van der Waals surface area contributed by atoms with E-state index in [9.17, 15) is 18.4 Å². The topological polar surface area (TPSA) is 41.9 Å². The molecular weight excluding hydrogens is 359 g/mol. The number of halogens is 3. The number of benzene rings is 1. The average molecular weight is 387 g/mol. The van der Waals surface area contributed by atoms with Gasteiger partial charge in [-0.3, -0.25) is 0 Å². The molecule has 0 amide bonds. The molecule has 1 aromatic rings. The van der Waals surface area contributed by atoms with Gasteiger partial charge in [-0.05, 0) is 42.9 Å². The second-order valence-corrected chi connectivity index (χ2v) is 8.23. The zero-order valence-electron chi connectivity index (χ0n) is 16.0. The van der Waals surface area contributed by atoms with E-state index in [2.05, 4.69) is 6.92 Å². The molecular formula is C20H28F3NO3. The Bertz CT molecular complexity index is 650. The van der Waals surface area contributed by atoms with E-state index in [4.69, 9.17) is 9.47 Å². The van der Waals surface area contributed by atoms with Gasteiger partial charge in [0.15, 0.2) is 11.5 Å². The van der Waals surface area contributed by atoms with Gasteiger partial charge in [-0.1, -0.05) is 20.8 Å². The lowest BCUT2D eigenvalue weighted by Crippen LogP contribution is -2.55. The van der Waals surface area contributed by atoms with E-state index in [-0.39, 0.29) is 29.9 Å². The smallest absolute Gasteiger partial charge is 0.416 e. The number of hydrogen-bond donors (Lipinski definition) is 1. The van der Waals surface area contributed by atoms with Gasteiger partial charge in [0.2, 0.25) is 0 Å². The Labute approximate surface area is 158 Å². The highest BCUT2D eigenvalue weighted by Crippen LogP contribution is 2.41. The first kappa shape index (κ1) is 20.3. The van der Waals surface area contributed by atoms with E-state index in [1.54, 1.807) is 0 Å². The summed E-state index contributed by atoms with van der Waals surface area (Å²) in [5.41, 5.74) is -0.746. The maximum Gasteiger partial charge on any atom is 0.416 e. The summed E-state index contributed by atoms with van der Waals surface area (Å²) >= 11 is 0. The minimum Gasteiger partial charge on any atom is -0.489 e. The Hall–Kier alpha value is -1.47. The highest BCUT2D eigenvalue weighted by Gasteiger charge is 2.42. The molecule has 0 spiro atoms. The SMILES string of the molecule is CC(C)COc1cc(C(F)(F)F)ccc1O[C@@H]1C[C@@H]2CC[C@@H](C)[C@H](C1)N2O. The number of hydroxylamine groups is 2. The Kier molecular flexibility index (Phi) is 5.91. The van der Waals surface area contributed by atoms with Gasteiger partial charge in [-0.25, -0.2) is 0 Å². The van der Waals surface area contributed by atoms with Crippen molar-refractivity contribution in [2.45, 2.75) is 70.8 Å². The molecule has 0 aliphatic carbocycles. The molecule has 0 saturated carbocycles. The number of ether oxygens (including phenoxy) is 2. The van der Waals surface area contributed by atoms with Gasteiger partial charge in [0, 0.05) is 24.9 Å². The molecule has 2 bridgehead atoms. The molecule has 4 nitrogen and oxygen atoms in total. The molecule has 0 aromatic heterocycles. The van der Waals surface area contributed by atoms with Crippen LogP contribution >= 0.6 is 0 Å². The summed E-state index contributed by atoms with van der Waals surface area (Å²) in [6.07, 6.45) is -1.30. The molecule has 1 N–H and O–H groups in total. The van der Waals surface area contributed by atoms with E-state index < -0.39 is 11.7 Å². The Morgan fingerprint density at radius 1 is 1.19 bits per heavy atom. The van der Waals surface area contributed by atoms with Crippen molar-refractivity contribution >= 4 is 0 Å². The summed E-state index contributed by atoms with van der Waals surface area (Å²) in [7, 11) is 0. The number of rotatable bonds is 5. The first-order chi connectivity index (χ1) is 12.6. The van der Waals surface area contributed by atoms with Crippen molar-refractivity contribution in [2.24, 2.45) is 11.8 Å². The van der Waals surface area contributed by atoms with Crippen LogP contribution in [0.4, 0.5) is 13.2 Å². The number of nitrogens with zero attached hydrogens (tertiary/aromatic N) is 1. The molecule has 4 atom stereocenters. The molecule has 0 unspecified atom stereocenters. The molecule has 2 heterocycles. The maximum absolute atomic E-state index is 13.1. The third-order valence-electron chi connectivity index (χ3n) is 5.50. The summed E-state index contributed by atoms with van der Waals surface area (Å²) in [6, 6.07) is 3.46. The van der Waals surface area contributed by atoms with E-state index in [1.165, 1.54) is 11.1 Å². The van der Waals surface area contributed by atoms with Crippen LogP contribution in [0.2, 0.25) is 0 Å². The quantitative estimate of drug-likeness (QED) is 0.760. The fourth-order valence-corrected chi connectivity index (χ4v) is 3.97.